The summed E-state index contributed by atoms with van der Waals surface area (Å²) < 4.78 is 14.9. The summed E-state index contributed by atoms with van der Waals surface area (Å²) in [5.74, 6) is -0.235. The molecule has 0 aliphatic heterocycles. The zero-order valence-electron chi connectivity index (χ0n) is 13.9. The van der Waals surface area contributed by atoms with Crippen molar-refractivity contribution in [2.75, 3.05) is 6.54 Å². The first kappa shape index (κ1) is 16.3. The van der Waals surface area contributed by atoms with Crippen molar-refractivity contribution in [1.82, 2.24) is 14.3 Å². The molecule has 0 bridgehead atoms. The highest BCUT2D eigenvalue weighted by Crippen LogP contribution is 2.10. The first-order valence-corrected chi connectivity index (χ1v) is 8.01. The third kappa shape index (κ3) is 3.68. The first-order chi connectivity index (χ1) is 11.5. The van der Waals surface area contributed by atoms with Gasteiger partial charge in [0.05, 0.1) is 5.69 Å². The summed E-state index contributed by atoms with van der Waals surface area (Å²) in [4.78, 5) is 19.0. The third-order valence-electron chi connectivity index (χ3n) is 3.99. The topological polar surface area (TPSA) is 37.6 Å². The average Bonchev–Trinajstić information content (AvgIpc) is 2.55. The zero-order chi connectivity index (χ0) is 17.1. The number of hydrogen-bond donors (Lipinski definition) is 0. The second-order valence-corrected chi connectivity index (χ2v) is 5.95. The highest BCUT2D eigenvalue weighted by Gasteiger charge is 2.09. The van der Waals surface area contributed by atoms with Gasteiger partial charge in [-0.3, -0.25) is 14.1 Å². The Bertz CT molecular complexity index is 920. The molecule has 2 aromatic heterocycles. The highest BCUT2D eigenvalue weighted by molar-refractivity contribution is 5.39. The Morgan fingerprint density at radius 2 is 2.00 bits per heavy atom. The van der Waals surface area contributed by atoms with Crippen LogP contribution in [0.15, 0.2) is 53.5 Å². The van der Waals surface area contributed by atoms with E-state index in [2.05, 4.69) is 9.88 Å². The molecule has 0 saturated carbocycles. The molecule has 1 aromatic carbocycles. The molecule has 0 atom stereocenters. The van der Waals surface area contributed by atoms with Crippen molar-refractivity contribution in [2.45, 2.75) is 26.9 Å². The summed E-state index contributed by atoms with van der Waals surface area (Å²) in [5.41, 5.74) is 3.21. The Hall–Kier alpha value is -2.53. The number of nitrogens with zero attached hydrogens (tertiary/aromatic N) is 3. The van der Waals surface area contributed by atoms with Gasteiger partial charge in [-0.2, -0.15) is 0 Å². The van der Waals surface area contributed by atoms with E-state index in [1.807, 2.05) is 32.0 Å². The molecular formula is C19H20FN3O. The van der Waals surface area contributed by atoms with Gasteiger partial charge in [0.25, 0.3) is 5.56 Å². The van der Waals surface area contributed by atoms with Crippen molar-refractivity contribution in [3.8, 4) is 0 Å². The lowest BCUT2D eigenvalue weighted by Crippen LogP contribution is -2.25. The minimum atomic E-state index is -0.235. The number of aryl methyl sites for hydroxylation is 1. The van der Waals surface area contributed by atoms with Crippen LogP contribution in [-0.2, 0) is 13.1 Å². The molecule has 0 aliphatic rings. The Morgan fingerprint density at radius 3 is 2.75 bits per heavy atom. The monoisotopic (exact) mass is 325 g/mol. The van der Waals surface area contributed by atoms with E-state index in [4.69, 9.17) is 0 Å². The van der Waals surface area contributed by atoms with Gasteiger partial charge in [0, 0.05) is 25.4 Å². The van der Waals surface area contributed by atoms with Crippen LogP contribution in [0.3, 0.4) is 0 Å². The second kappa shape index (κ2) is 6.93. The van der Waals surface area contributed by atoms with Crippen LogP contribution in [0.25, 0.3) is 5.65 Å². The maximum absolute atomic E-state index is 13.3. The molecule has 124 valence electrons. The van der Waals surface area contributed by atoms with Crippen LogP contribution in [0.5, 0.6) is 0 Å². The molecule has 0 spiro atoms. The van der Waals surface area contributed by atoms with E-state index in [9.17, 15) is 9.18 Å². The number of pyridine rings is 1. The molecule has 0 saturated heterocycles. The Kier molecular flexibility index (Phi) is 4.71. The van der Waals surface area contributed by atoms with E-state index in [0.29, 0.717) is 18.7 Å². The second-order valence-electron chi connectivity index (χ2n) is 5.95. The SMILES string of the molecule is CCN(Cc1cccc(F)c1)Cc1cc(=O)n2cc(C)ccc2n1. The summed E-state index contributed by atoms with van der Waals surface area (Å²) in [6.45, 7) is 5.93. The number of fused-ring (bicyclic) bond motifs is 1. The van der Waals surface area contributed by atoms with Crippen molar-refractivity contribution >= 4 is 5.65 Å². The summed E-state index contributed by atoms with van der Waals surface area (Å²) in [5, 5.41) is 0. The Balaban J connectivity index is 1.84. The van der Waals surface area contributed by atoms with Crippen molar-refractivity contribution in [1.29, 1.82) is 0 Å². The van der Waals surface area contributed by atoms with Crippen molar-refractivity contribution < 1.29 is 4.39 Å². The minimum Gasteiger partial charge on any atom is -0.294 e. The molecule has 2 heterocycles. The molecular weight excluding hydrogens is 305 g/mol. The normalized spacial score (nSPS) is 11.3. The van der Waals surface area contributed by atoms with E-state index >= 15 is 0 Å². The van der Waals surface area contributed by atoms with E-state index in [1.54, 1.807) is 22.7 Å². The molecule has 0 amide bonds. The van der Waals surface area contributed by atoms with Gasteiger partial charge in [-0.15, -0.1) is 0 Å². The fourth-order valence-electron chi connectivity index (χ4n) is 2.74. The maximum Gasteiger partial charge on any atom is 0.258 e. The van der Waals surface area contributed by atoms with Crippen molar-refractivity contribution in [3.63, 3.8) is 0 Å². The largest absolute Gasteiger partial charge is 0.294 e. The molecule has 5 heteroatoms. The van der Waals surface area contributed by atoms with Gasteiger partial charge in [-0.05, 0) is 42.8 Å². The van der Waals surface area contributed by atoms with E-state index in [1.165, 1.54) is 12.1 Å². The van der Waals surface area contributed by atoms with Crippen LogP contribution in [0.1, 0.15) is 23.7 Å². The fourth-order valence-corrected chi connectivity index (χ4v) is 2.74. The number of aromatic nitrogens is 2. The molecule has 3 aromatic rings. The van der Waals surface area contributed by atoms with E-state index < -0.39 is 0 Å². The van der Waals surface area contributed by atoms with Gasteiger partial charge in [-0.1, -0.05) is 25.1 Å². The van der Waals surface area contributed by atoms with Gasteiger partial charge < -0.3 is 0 Å². The quantitative estimate of drug-likeness (QED) is 0.723. The Morgan fingerprint density at radius 1 is 1.17 bits per heavy atom. The molecule has 4 nitrogen and oxygen atoms in total. The summed E-state index contributed by atoms with van der Waals surface area (Å²) in [7, 11) is 0. The van der Waals surface area contributed by atoms with Crippen molar-refractivity contribution in [3.05, 3.63) is 81.7 Å². The molecule has 0 radical (unpaired) electrons. The molecule has 3 rings (SSSR count). The van der Waals surface area contributed by atoms with E-state index in [0.717, 1.165) is 23.4 Å². The fraction of sp³-hybridized carbons (Fsp3) is 0.263. The van der Waals surface area contributed by atoms with Gasteiger partial charge in [0.15, 0.2) is 0 Å². The molecule has 24 heavy (non-hydrogen) atoms. The molecule has 0 unspecified atom stereocenters. The van der Waals surface area contributed by atoms with Crippen LogP contribution < -0.4 is 5.56 Å². The summed E-state index contributed by atoms with van der Waals surface area (Å²) in [6, 6.07) is 11.9. The first-order valence-electron chi connectivity index (χ1n) is 8.01. The minimum absolute atomic E-state index is 0.0829. The molecule has 0 aliphatic carbocycles. The standard InChI is InChI=1S/C19H20FN3O/c1-3-22(12-15-5-4-6-16(20)9-15)13-17-10-19(24)23-11-14(2)7-8-18(23)21-17/h4-11H,3,12-13H2,1-2H3. The van der Waals surface area contributed by atoms with Crippen molar-refractivity contribution in [2.24, 2.45) is 0 Å². The molecule has 0 N–H and O–H groups in total. The number of benzene rings is 1. The summed E-state index contributed by atoms with van der Waals surface area (Å²) in [6.07, 6.45) is 1.79. The predicted molar refractivity (Wildman–Crippen MR) is 92.4 cm³/mol. The average molecular weight is 325 g/mol. The number of rotatable bonds is 5. The van der Waals surface area contributed by atoms with Gasteiger partial charge in [0.1, 0.15) is 11.5 Å². The van der Waals surface area contributed by atoms with Crippen LogP contribution >= 0.6 is 0 Å². The zero-order valence-corrected chi connectivity index (χ0v) is 13.9. The summed E-state index contributed by atoms with van der Waals surface area (Å²) >= 11 is 0. The van der Waals surface area contributed by atoms with Crippen LogP contribution in [0.2, 0.25) is 0 Å². The van der Waals surface area contributed by atoms with Crippen LogP contribution in [0, 0.1) is 12.7 Å². The smallest absolute Gasteiger partial charge is 0.258 e. The van der Waals surface area contributed by atoms with Crippen LogP contribution in [0.4, 0.5) is 4.39 Å². The number of halogens is 1. The Labute approximate surface area is 140 Å². The highest BCUT2D eigenvalue weighted by atomic mass is 19.1. The lowest BCUT2D eigenvalue weighted by molar-refractivity contribution is 0.268. The molecule has 0 fully saturated rings. The lowest BCUT2D eigenvalue weighted by Gasteiger charge is -2.20. The third-order valence-corrected chi connectivity index (χ3v) is 3.99. The van der Waals surface area contributed by atoms with Gasteiger partial charge >= 0.3 is 0 Å². The van der Waals surface area contributed by atoms with E-state index in [-0.39, 0.29) is 11.4 Å². The van der Waals surface area contributed by atoms with Gasteiger partial charge in [-0.25, -0.2) is 9.37 Å². The maximum atomic E-state index is 13.3. The van der Waals surface area contributed by atoms with Crippen LogP contribution in [-0.4, -0.2) is 20.8 Å². The lowest BCUT2D eigenvalue weighted by atomic mass is 10.2. The predicted octanol–water partition coefficient (Wildman–Crippen LogP) is 3.16. The van der Waals surface area contributed by atoms with Gasteiger partial charge in [0.2, 0.25) is 0 Å². The number of hydrogen-bond acceptors (Lipinski definition) is 3.